The van der Waals surface area contributed by atoms with E-state index >= 15 is 0 Å². The molecule has 1 aromatic carbocycles. The zero-order valence-corrected chi connectivity index (χ0v) is 18.1. The molecule has 2 aliphatic rings. The third-order valence-corrected chi connectivity index (χ3v) is 6.69. The lowest BCUT2D eigenvalue weighted by Crippen LogP contribution is -2.49. The van der Waals surface area contributed by atoms with Crippen molar-refractivity contribution in [3.63, 3.8) is 0 Å². The van der Waals surface area contributed by atoms with Crippen LogP contribution in [0.15, 0.2) is 36.8 Å². The number of halogens is 2. The van der Waals surface area contributed by atoms with Gasteiger partial charge >= 0.3 is 0 Å². The van der Waals surface area contributed by atoms with E-state index in [9.17, 15) is 14.0 Å². The molecule has 8 nitrogen and oxygen atoms in total. The highest BCUT2D eigenvalue weighted by molar-refractivity contribution is 6.30. The van der Waals surface area contributed by atoms with Crippen molar-refractivity contribution < 1.29 is 14.0 Å². The number of carbonyl (C=O) groups is 2. The van der Waals surface area contributed by atoms with E-state index in [1.54, 1.807) is 40.8 Å². The van der Waals surface area contributed by atoms with Gasteiger partial charge in [0.2, 0.25) is 11.8 Å². The van der Waals surface area contributed by atoms with Crippen molar-refractivity contribution in [1.29, 1.82) is 0 Å². The molecule has 5 rings (SSSR count). The van der Waals surface area contributed by atoms with Gasteiger partial charge in [-0.2, -0.15) is 0 Å². The Morgan fingerprint density at radius 2 is 2.12 bits per heavy atom. The molecular weight excluding hydrogens is 435 g/mol. The topological polar surface area (TPSA) is 106 Å². The third kappa shape index (κ3) is 3.46. The van der Waals surface area contributed by atoms with E-state index in [1.165, 1.54) is 12.4 Å². The highest BCUT2D eigenvalue weighted by Gasteiger charge is 2.56. The first-order chi connectivity index (χ1) is 15.3. The van der Waals surface area contributed by atoms with Crippen LogP contribution in [-0.4, -0.2) is 43.3 Å². The van der Waals surface area contributed by atoms with Crippen molar-refractivity contribution >= 4 is 40.3 Å². The van der Waals surface area contributed by atoms with Crippen molar-refractivity contribution in [1.82, 2.24) is 24.8 Å². The van der Waals surface area contributed by atoms with Gasteiger partial charge in [-0.1, -0.05) is 23.7 Å². The minimum atomic E-state index is -0.586. The lowest BCUT2D eigenvalue weighted by atomic mass is 10.1. The molecule has 4 atom stereocenters. The first kappa shape index (κ1) is 20.7. The van der Waals surface area contributed by atoms with E-state index in [-0.39, 0.29) is 29.4 Å². The lowest BCUT2D eigenvalue weighted by molar-refractivity contribution is -0.140. The van der Waals surface area contributed by atoms with Gasteiger partial charge in [0.25, 0.3) is 0 Å². The van der Waals surface area contributed by atoms with E-state index < -0.39 is 17.9 Å². The predicted octanol–water partition coefficient (Wildman–Crippen LogP) is 2.67. The number of aromatic nitrogens is 3. The second-order valence-corrected chi connectivity index (χ2v) is 8.84. The third-order valence-electron chi connectivity index (χ3n) is 6.39. The number of benzene rings is 1. The number of anilines is 1. The molecule has 0 unspecified atom stereocenters. The summed E-state index contributed by atoms with van der Waals surface area (Å²) in [5, 5.41) is 3.54. The van der Waals surface area contributed by atoms with Gasteiger partial charge in [0, 0.05) is 17.8 Å². The molecule has 166 valence electrons. The van der Waals surface area contributed by atoms with E-state index in [1.807, 2.05) is 0 Å². The second-order valence-electron chi connectivity index (χ2n) is 8.43. The number of nitrogen functional groups attached to an aromatic ring is 1. The number of piperidine rings is 1. The average molecular weight is 457 g/mol. The van der Waals surface area contributed by atoms with Gasteiger partial charge in [-0.3, -0.25) is 9.59 Å². The van der Waals surface area contributed by atoms with Crippen LogP contribution in [0.5, 0.6) is 0 Å². The van der Waals surface area contributed by atoms with E-state index in [0.29, 0.717) is 34.8 Å². The van der Waals surface area contributed by atoms with Crippen LogP contribution < -0.4 is 11.1 Å². The standard InChI is InChI=1S/C22H22ClFN6O2/c1-11(13-3-2-4-15(23)19(13)24)28-22(32)17-8-12-7-16(12)30(17)18(31)9-29-6-5-14-20(25)26-10-27-21(14)29/h2-6,10-12,16-17H,7-9H2,1H3,(H,28,32)(H2,25,26,27)/t11-,12+,16+,17-/m0/s1. The number of nitrogens with two attached hydrogens (primary N) is 1. The summed E-state index contributed by atoms with van der Waals surface area (Å²) in [6.07, 6.45) is 4.61. The molecule has 2 aromatic heterocycles. The van der Waals surface area contributed by atoms with Crippen LogP contribution in [0.2, 0.25) is 5.02 Å². The Morgan fingerprint density at radius 3 is 2.94 bits per heavy atom. The van der Waals surface area contributed by atoms with Crippen LogP contribution >= 0.6 is 11.6 Å². The van der Waals surface area contributed by atoms with Gasteiger partial charge < -0.3 is 20.5 Å². The van der Waals surface area contributed by atoms with Crippen LogP contribution in [0, 0.1) is 11.7 Å². The Balaban J connectivity index is 1.32. The Labute approximate surface area is 188 Å². The molecule has 2 amide bonds. The largest absolute Gasteiger partial charge is 0.383 e. The summed E-state index contributed by atoms with van der Waals surface area (Å²) in [6.45, 7) is 1.75. The lowest BCUT2D eigenvalue weighted by Gasteiger charge is -2.28. The average Bonchev–Trinajstić information content (AvgIpc) is 3.22. The second kappa shape index (κ2) is 7.74. The van der Waals surface area contributed by atoms with Gasteiger partial charge in [-0.25, -0.2) is 14.4 Å². The molecule has 32 heavy (non-hydrogen) atoms. The Kier molecular flexibility index (Phi) is 5.00. The molecule has 10 heteroatoms. The highest BCUT2D eigenvalue weighted by Crippen LogP contribution is 2.48. The van der Waals surface area contributed by atoms with E-state index in [0.717, 1.165) is 6.42 Å². The van der Waals surface area contributed by atoms with Gasteiger partial charge in [0.1, 0.15) is 36.2 Å². The number of rotatable bonds is 5. The van der Waals surface area contributed by atoms with Crippen LogP contribution in [0.25, 0.3) is 11.0 Å². The summed E-state index contributed by atoms with van der Waals surface area (Å²) in [7, 11) is 0. The van der Waals surface area contributed by atoms with E-state index in [2.05, 4.69) is 15.3 Å². The van der Waals surface area contributed by atoms with Crippen molar-refractivity contribution in [3.05, 3.63) is 53.2 Å². The first-order valence-corrected chi connectivity index (χ1v) is 10.8. The molecule has 3 heterocycles. The maximum absolute atomic E-state index is 14.4. The molecule has 0 radical (unpaired) electrons. The van der Waals surface area contributed by atoms with Gasteiger partial charge in [0.15, 0.2) is 0 Å². The fraction of sp³-hybridized carbons (Fsp3) is 0.364. The van der Waals surface area contributed by atoms with E-state index in [4.69, 9.17) is 17.3 Å². The normalized spacial score (nSPS) is 22.6. The van der Waals surface area contributed by atoms with Gasteiger partial charge in [0.05, 0.1) is 16.5 Å². The summed E-state index contributed by atoms with van der Waals surface area (Å²) in [4.78, 5) is 36.2. The zero-order valence-electron chi connectivity index (χ0n) is 17.3. The van der Waals surface area contributed by atoms with Gasteiger partial charge in [-0.15, -0.1) is 0 Å². The molecule has 1 aliphatic carbocycles. The van der Waals surface area contributed by atoms with Gasteiger partial charge in [-0.05, 0) is 37.8 Å². The summed E-state index contributed by atoms with van der Waals surface area (Å²) < 4.78 is 16.1. The van der Waals surface area contributed by atoms with Crippen molar-refractivity contribution in [2.75, 3.05) is 5.73 Å². The quantitative estimate of drug-likeness (QED) is 0.614. The summed E-state index contributed by atoms with van der Waals surface area (Å²) in [5.41, 5.74) is 6.76. The Hall–Kier alpha value is -3.20. The molecule has 1 saturated heterocycles. The maximum Gasteiger partial charge on any atom is 0.243 e. The number of nitrogens with zero attached hydrogens (tertiary/aromatic N) is 4. The van der Waals surface area contributed by atoms with Crippen molar-refractivity contribution in [2.45, 2.75) is 44.4 Å². The fourth-order valence-electron chi connectivity index (χ4n) is 4.67. The number of hydrogen-bond donors (Lipinski definition) is 2. The molecule has 3 N–H and O–H groups in total. The number of amides is 2. The molecular formula is C22H22ClFN6O2. The summed E-state index contributed by atoms with van der Waals surface area (Å²) in [6, 6.07) is 5.36. The maximum atomic E-state index is 14.4. The number of nitrogens with one attached hydrogen (secondary N) is 1. The van der Waals surface area contributed by atoms with Crippen LogP contribution in [0.3, 0.4) is 0 Å². The minimum absolute atomic E-state index is 0.00547. The molecule has 0 bridgehead atoms. The molecule has 1 aliphatic heterocycles. The van der Waals surface area contributed by atoms with Crippen LogP contribution in [-0.2, 0) is 16.1 Å². The number of fused-ring (bicyclic) bond motifs is 2. The smallest absolute Gasteiger partial charge is 0.243 e. The Morgan fingerprint density at radius 1 is 1.31 bits per heavy atom. The summed E-state index contributed by atoms with van der Waals surface area (Å²) in [5.74, 6) is -0.325. The summed E-state index contributed by atoms with van der Waals surface area (Å²) >= 11 is 5.87. The SMILES string of the molecule is C[C@H](NC(=O)[C@@H]1C[C@H]2C[C@H]2N1C(=O)Cn1ccc2c(N)ncnc21)c1cccc(Cl)c1F. The molecule has 2 fully saturated rings. The predicted molar refractivity (Wildman–Crippen MR) is 117 cm³/mol. The molecule has 1 saturated carbocycles. The minimum Gasteiger partial charge on any atom is -0.383 e. The molecule has 3 aromatic rings. The molecule has 0 spiro atoms. The number of hydrogen-bond acceptors (Lipinski definition) is 5. The zero-order chi connectivity index (χ0) is 22.6. The van der Waals surface area contributed by atoms with Crippen LogP contribution in [0.4, 0.5) is 10.2 Å². The monoisotopic (exact) mass is 456 g/mol. The van der Waals surface area contributed by atoms with Crippen molar-refractivity contribution in [2.24, 2.45) is 5.92 Å². The number of likely N-dealkylation sites (tertiary alicyclic amines) is 1. The number of carbonyl (C=O) groups excluding carboxylic acids is 2. The first-order valence-electron chi connectivity index (χ1n) is 10.5. The Bertz CT molecular complexity index is 1230. The van der Waals surface area contributed by atoms with Crippen LogP contribution in [0.1, 0.15) is 31.4 Å². The van der Waals surface area contributed by atoms with Crippen molar-refractivity contribution in [3.8, 4) is 0 Å². The fourth-order valence-corrected chi connectivity index (χ4v) is 4.85. The highest BCUT2D eigenvalue weighted by atomic mass is 35.5.